The van der Waals surface area contributed by atoms with Crippen molar-refractivity contribution in [3.8, 4) is 5.75 Å². The number of rotatable bonds is 9. The fraction of sp³-hybridized carbons (Fsp3) is 0.286. The number of ether oxygens (including phenoxy) is 1. The van der Waals surface area contributed by atoms with Gasteiger partial charge in [-0.15, -0.1) is 0 Å². The van der Waals surface area contributed by atoms with Crippen molar-refractivity contribution in [2.45, 2.75) is 31.8 Å². The smallest absolute Gasteiger partial charge is 0.252 e. The van der Waals surface area contributed by atoms with E-state index in [4.69, 9.17) is 20.9 Å². The van der Waals surface area contributed by atoms with Crippen LogP contribution in [0.5, 0.6) is 5.75 Å². The Bertz CT molecular complexity index is 907. The van der Waals surface area contributed by atoms with Crippen molar-refractivity contribution in [3.05, 3.63) is 76.4 Å². The highest BCUT2D eigenvalue weighted by Crippen LogP contribution is 2.25. The largest absolute Gasteiger partial charge is 0.497 e. The van der Waals surface area contributed by atoms with Gasteiger partial charge in [0.1, 0.15) is 18.1 Å². The number of ketones is 1. The summed E-state index contributed by atoms with van der Waals surface area (Å²) >= 11 is 5.90. The summed E-state index contributed by atoms with van der Waals surface area (Å²) in [6.07, 6.45) is 1.14. The summed E-state index contributed by atoms with van der Waals surface area (Å²) in [5.74, 6) is 1.14. The number of hydrogen-bond donors (Lipinski definition) is 1. The van der Waals surface area contributed by atoms with E-state index < -0.39 is 0 Å². The molecule has 0 spiro atoms. The van der Waals surface area contributed by atoms with Crippen LogP contribution >= 0.6 is 11.6 Å². The summed E-state index contributed by atoms with van der Waals surface area (Å²) in [7, 11) is 1.61. The van der Waals surface area contributed by atoms with E-state index in [1.54, 1.807) is 19.2 Å². The normalized spacial score (nSPS) is 12.0. The molecule has 1 heterocycles. The molecule has 0 saturated carbocycles. The molecule has 1 atom stereocenters. The Morgan fingerprint density at radius 3 is 2.43 bits per heavy atom. The van der Waals surface area contributed by atoms with E-state index in [9.17, 15) is 9.90 Å². The quantitative estimate of drug-likeness (QED) is 0.588. The van der Waals surface area contributed by atoms with Crippen LogP contribution in [0.3, 0.4) is 0 Å². The zero-order valence-electron chi connectivity index (χ0n) is 15.5. The van der Waals surface area contributed by atoms with Crippen molar-refractivity contribution in [2.24, 2.45) is 0 Å². The molecule has 1 unspecified atom stereocenters. The molecule has 2 aromatic carbocycles. The molecule has 0 bridgehead atoms. The molecule has 0 radical (unpaired) electrons. The minimum absolute atomic E-state index is 0.0659. The molecule has 0 saturated heterocycles. The van der Waals surface area contributed by atoms with E-state index in [0.717, 1.165) is 16.9 Å². The van der Waals surface area contributed by atoms with Crippen LogP contribution in [0.25, 0.3) is 0 Å². The summed E-state index contributed by atoms with van der Waals surface area (Å²) in [6, 6.07) is 14.9. The van der Waals surface area contributed by atoms with Crippen LogP contribution in [-0.2, 0) is 24.2 Å². The monoisotopic (exact) mass is 400 g/mol. The van der Waals surface area contributed by atoms with Gasteiger partial charge in [-0.25, -0.2) is 0 Å². The highest BCUT2D eigenvalue weighted by atomic mass is 35.5. The van der Waals surface area contributed by atoms with Crippen molar-refractivity contribution in [3.63, 3.8) is 0 Å². The molecule has 0 aliphatic carbocycles. The van der Waals surface area contributed by atoms with Gasteiger partial charge in [0.05, 0.1) is 7.11 Å². The second-order valence-electron chi connectivity index (χ2n) is 6.50. The van der Waals surface area contributed by atoms with Crippen LogP contribution in [0.15, 0.2) is 53.1 Å². The first-order valence-electron chi connectivity index (χ1n) is 8.89. The van der Waals surface area contributed by atoms with Crippen LogP contribution in [0.4, 0.5) is 0 Å². The Labute approximate surface area is 168 Å². The first-order chi connectivity index (χ1) is 13.6. The number of methoxy groups -OCH3 is 1. The van der Waals surface area contributed by atoms with Gasteiger partial charge in [-0.1, -0.05) is 41.0 Å². The number of carbonyl (C=O) groups excluding carboxylic acids is 1. The van der Waals surface area contributed by atoms with Crippen molar-refractivity contribution in [2.75, 3.05) is 7.11 Å². The molecule has 146 valence electrons. The van der Waals surface area contributed by atoms with Gasteiger partial charge in [-0.2, -0.15) is 4.98 Å². The minimum atomic E-state index is -0.332. The molecule has 3 aromatic rings. The van der Waals surface area contributed by atoms with E-state index in [-0.39, 0.29) is 30.6 Å². The number of Topliss-reactive ketones (excluding diaryl/α,β-unsaturated/α-hetero) is 1. The van der Waals surface area contributed by atoms with Crippen molar-refractivity contribution in [1.82, 2.24) is 10.1 Å². The number of benzene rings is 2. The number of aliphatic hydroxyl groups excluding tert-OH is 1. The number of hydrogen-bond acceptors (Lipinski definition) is 6. The molecule has 1 aromatic heterocycles. The van der Waals surface area contributed by atoms with Gasteiger partial charge in [0.25, 0.3) is 5.89 Å². The third-order valence-electron chi connectivity index (χ3n) is 4.41. The first kappa shape index (κ1) is 20.0. The first-order valence-corrected chi connectivity index (χ1v) is 9.27. The number of aliphatic hydroxyl groups is 1. The second kappa shape index (κ2) is 9.48. The van der Waals surface area contributed by atoms with Crippen LogP contribution in [0.1, 0.15) is 35.2 Å². The molecular formula is C21H21ClN2O4. The zero-order valence-corrected chi connectivity index (χ0v) is 16.2. The van der Waals surface area contributed by atoms with Gasteiger partial charge >= 0.3 is 0 Å². The van der Waals surface area contributed by atoms with Crippen LogP contribution in [0, 0.1) is 0 Å². The maximum atomic E-state index is 12.7. The Balaban J connectivity index is 1.74. The highest BCUT2D eigenvalue weighted by Gasteiger charge is 2.22. The number of nitrogens with zero attached hydrogens (tertiary/aromatic N) is 2. The molecule has 0 fully saturated rings. The van der Waals surface area contributed by atoms with E-state index in [1.807, 2.05) is 36.4 Å². The molecule has 0 aliphatic heterocycles. The summed E-state index contributed by atoms with van der Waals surface area (Å²) in [6.45, 7) is -0.332. The van der Waals surface area contributed by atoms with Gasteiger partial charge in [-0.3, -0.25) is 4.79 Å². The van der Waals surface area contributed by atoms with Crippen LogP contribution in [0.2, 0.25) is 5.02 Å². The van der Waals surface area contributed by atoms with E-state index >= 15 is 0 Å². The minimum Gasteiger partial charge on any atom is -0.497 e. The lowest BCUT2D eigenvalue weighted by Crippen LogP contribution is -2.13. The molecule has 28 heavy (non-hydrogen) atoms. The van der Waals surface area contributed by atoms with Crippen molar-refractivity contribution < 1.29 is 19.2 Å². The highest BCUT2D eigenvalue weighted by molar-refractivity contribution is 6.30. The Morgan fingerprint density at radius 1 is 1.14 bits per heavy atom. The molecule has 0 aliphatic rings. The van der Waals surface area contributed by atoms with Crippen molar-refractivity contribution in [1.29, 1.82) is 0 Å². The van der Waals surface area contributed by atoms with Crippen LogP contribution in [-0.4, -0.2) is 28.1 Å². The van der Waals surface area contributed by atoms with Gasteiger partial charge in [0.15, 0.2) is 5.82 Å². The lowest BCUT2D eigenvalue weighted by Gasteiger charge is -2.13. The van der Waals surface area contributed by atoms with Gasteiger partial charge < -0.3 is 14.4 Å². The molecule has 6 nitrogen and oxygen atoms in total. The number of carbonyl (C=O) groups is 1. The molecule has 1 N–H and O–H groups in total. The fourth-order valence-electron chi connectivity index (χ4n) is 2.98. The SMILES string of the molecule is COc1ccc(CC(CC(=O)Cc2ccc(Cl)cc2)c2noc(CO)n2)cc1. The van der Waals surface area contributed by atoms with Crippen molar-refractivity contribution >= 4 is 17.4 Å². The third-order valence-corrected chi connectivity index (χ3v) is 4.67. The molecular weight excluding hydrogens is 380 g/mol. The average Bonchev–Trinajstić information content (AvgIpc) is 3.19. The Morgan fingerprint density at radius 2 is 1.82 bits per heavy atom. The molecule has 7 heteroatoms. The van der Waals surface area contributed by atoms with Gasteiger partial charge in [0, 0.05) is 23.8 Å². The van der Waals surface area contributed by atoms with Gasteiger partial charge in [-0.05, 0) is 41.8 Å². The predicted octanol–water partition coefficient (Wildman–Crippen LogP) is 3.75. The molecule has 3 rings (SSSR count). The standard InChI is InChI=1S/C21H21ClN2O4/c1-27-19-8-4-14(5-9-19)10-16(21-23-20(13-25)28-24-21)12-18(26)11-15-2-6-17(22)7-3-15/h2-9,16,25H,10-13H2,1H3. The summed E-state index contributed by atoms with van der Waals surface area (Å²) in [5, 5.41) is 13.8. The van der Waals surface area contributed by atoms with E-state index in [0.29, 0.717) is 23.7 Å². The summed E-state index contributed by atoms with van der Waals surface area (Å²) in [4.78, 5) is 16.9. The number of halogens is 1. The lowest BCUT2D eigenvalue weighted by atomic mass is 9.91. The fourth-order valence-corrected chi connectivity index (χ4v) is 3.10. The summed E-state index contributed by atoms with van der Waals surface area (Å²) in [5.41, 5.74) is 1.93. The second-order valence-corrected chi connectivity index (χ2v) is 6.94. The van der Waals surface area contributed by atoms with E-state index in [2.05, 4.69) is 10.1 Å². The van der Waals surface area contributed by atoms with Gasteiger partial charge in [0.2, 0.25) is 0 Å². The lowest BCUT2D eigenvalue weighted by molar-refractivity contribution is -0.118. The Kier molecular flexibility index (Phi) is 6.79. The van der Waals surface area contributed by atoms with Crippen LogP contribution < -0.4 is 4.74 Å². The summed E-state index contributed by atoms with van der Waals surface area (Å²) < 4.78 is 10.2. The maximum Gasteiger partial charge on any atom is 0.252 e. The van der Waals surface area contributed by atoms with E-state index in [1.165, 1.54) is 0 Å². The Hall–Kier alpha value is -2.70. The molecule has 0 amide bonds. The predicted molar refractivity (Wildman–Crippen MR) is 104 cm³/mol. The zero-order chi connectivity index (χ0) is 19.9. The third kappa shape index (κ3) is 5.41. The topological polar surface area (TPSA) is 85.5 Å². The average molecular weight is 401 g/mol. The maximum absolute atomic E-state index is 12.7. The number of aromatic nitrogens is 2.